The fraction of sp³-hybridized carbons (Fsp3) is 0.538. The summed E-state index contributed by atoms with van der Waals surface area (Å²) in [6, 6.07) is 5.16. The molecule has 0 saturated carbocycles. The van der Waals surface area contributed by atoms with E-state index in [1.165, 1.54) is 0 Å². The summed E-state index contributed by atoms with van der Waals surface area (Å²) in [6.07, 6.45) is 0. The van der Waals surface area contributed by atoms with Crippen molar-refractivity contribution in [3.63, 3.8) is 0 Å². The van der Waals surface area contributed by atoms with Crippen LogP contribution in [0.25, 0.3) is 0 Å². The Morgan fingerprint density at radius 2 is 2.12 bits per heavy atom. The number of hydrogen-bond acceptors (Lipinski definition) is 3. The highest BCUT2D eigenvalue weighted by atomic mass is 19.1. The average molecular weight is 238 g/mol. The number of piperazine rings is 1. The summed E-state index contributed by atoms with van der Waals surface area (Å²) in [5, 5.41) is 12.8. The van der Waals surface area contributed by atoms with Crippen LogP contribution in [-0.4, -0.2) is 42.9 Å². The SMILES string of the molecule is Cc1cc([C@H](CF)N2CCNCC2)ccc1O. The molecule has 1 aliphatic heterocycles. The van der Waals surface area contributed by atoms with Gasteiger partial charge in [-0.1, -0.05) is 12.1 Å². The van der Waals surface area contributed by atoms with Crippen LogP contribution in [0.3, 0.4) is 0 Å². The molecule has 94 valence electrons. The third-order valence-electron chi connectivity index (χ3n) is 3.34. The molecule has 1 atom stereocenters. The number of rotatable bonds is 3. The van der Waals surface area contributed by atoms with Crippen LogP contribution in [0, 0.1) is 6.92 Å². The summed E-state index contributed by atoms with van der Waals surface area (Å²) in [7, 11) is 0. The van der Waals surface area contributed by atoms with Crippen molar-refractivity contribution in [1.82, 2.24) is 10.2 Å². The maximum Gasteiger partial charge on any atom is 0.118 e. The predicted octanol–water partition coefficient (Wildman–Crippen LogP) is 1.62. The number of nitrogens with zero attached hydrogens (tertiary/aromatic N) is 1. The lowest BCUT2D eigenvalue weighted by Gasteiger charge is -2.33. The summed E-state index contributed by atoms with van der Waals surface area (Å²) >= 11 is 0. The molecule has 0 unspecified atom stereocenters. The first-order valence-electron chi connectivity index (χ1n) is 6.02. The van der Waals surface area contributed by atoms with Crippen LogP contribution in [0.1, 0.15) is 17.2 Å². The van der Waals surface area contributed by atoms with E-state index in [2.05, 4.69) is 10.2 Å². The Labute approximate surface area is 101 Å². The van der Waals surface area contributed by atoms with Gasteiger partial charge < -0.3 is 10.4 Å². The molecule has 1 saturated heterocycles. The van der Waals surface area contributed by atoms with Crippen LogP contribution in [0.2, 0.25) is 0 Å². The maximum atomic E-state index is 13.2. The van der Waals surface area contributed by atoms with Crippen LogP contribution in [0.4, 0.5) is 4.39 Å². The van der Waals surface area contributed by atoms with Crippen LogP contribution < -0.4 is 5.32 Å². The molecule has 1 fully saturated rings. The highest BCUT2D eigenvalue weighted by Gasteiger charge is 2.22. The number of phenols is 1. The molecule has 4 heteroatoms. The summed E-state index contributed by atoms with van der Waals surface area (Å²) in [6.45, 7) is 5.01. The van der Waals surface area contributed by atoms with Gasteiger partial charge in [-0.15, -0.1) is 0 Å². The molecule has 1 heterocycles. The lowest BCUT2D eigenvalue weighted by atomic mass is 10.0. The predicted molar refractivity (Wildman–Crippen MR) is 66.0 cm³/mol. The molecule has 0 spiro atoms. The molecule has 3 nitrogen and oxygen atoms in total. The van der Waals surface area contributed by atoms with Crippen molar-refractivity contribution in [3.05, 3.63) is 29.3 Å². The quantitative estimate of drug-likeness (QED) is 0.840. The van der Waals surface area contributed by atoms with Gasteiger partial charge >= 0.3 is 0 Å². The van der Waals surface area contributed by atoms with E-state index in [1.54, 1.807) is 6.07 Å². The van der Waals surface area contributed by atoms with E-state index in [0.29, 0.717) is 0 Å². The summed E-state index contributed by atoms with van der Waals surface area (Å²) < 4.78 is 13.2. The number of aryl methyl sites for hydroxylation is 1. The normalized spacial score (nSPS) is 19.2. The van der Waals surface area contributed by atoms with E-state index >= 15 is 0 Å². The maximum absolute atomic E-state index is 13.2. The first kappa shape index (κ1) is 12.3. The molecular formula is C13H19FN2O. The molecule has 1 aromatic carbocycles. The number of aromatic hydroxyl groups is 1. The molecule has 2 N–H and O–H groups in total. The van der Waals surface area contributed by atoms with Gasteiger partial charge in [0, 0.05) is 26.2 Å². The van der Waals surface area contributed by atoms with Crippen molar-refractivity contribution in [2.45, 2.75) is 13.0 Å². The molecule has 2 rings (SSSR count). The molecule has 1 aliphatic rings. The Hall–Kier alpha value is -1.13. The van der Waals surface area contributed by atoms with Crippen LogP contribution in [0.5, 0.6) is 5.75 Å². The minimum absolute atomic E-state index is 0.184. The minimum Gasteiger partial charge on any atom is -0.508 e. The zero-order valence-corrected chi connectivity index (χ0v) is 10.1. The van der Waals surface area contributed by atoms with Gasteiger partial charge in [0.25, 0.3) is 0 Å². The van der Waals surface area contributed by atoms with E-state index < -0.39 is 0 Å². The molecule has 17 heavy (non-hydrogen) atoms. The van der Waals surface area contributed by atoms with Crippen LogP contribution in [-0.2, 0) is 0 Å². The molecule has 0 aromatic heterocycles. The van der Waals surface area contributed by atoms with Crippen molar-refractivity contribution in [1.29, 1.82) is 0 Å². The second-order valence-electron chi connectivity index (χ2n) is 4.50. The molecular weight excluding hydrogens is 219 g/mol. The Bertz CT molecular complexity index is 378. The van der Waals surface area contributed by atoms with E-state index in [1.807, 2.05) is 19.1 Å². The Kier molecular flexibility index (Phi) is 3.97. The van der Waals surface area contributed by atoms with Crippen molar-refractivity contribution in [2.75, 3.05) is 32.9 Å². The number of alkyl halides is 1. The van der Waals surface area contributed by atoms with Gasteiger partial charge in [-0.05, 0) is 24.1 Å². The molecule has 0 amide bonds. The van der Waals surface area contributed by atoms with Crippen LogP contribution in [0.15, 0.2) is 18.2 Å². The van der Waals surface area contributed by atoms with Crippen molar-refractivity contribution >= 4 is 0 Å². The van der Waals surface area contributed by atoms with Crippen LogP contribution >= 0.6 is 0 Å². The van der Waals surface area contributed by atoms with E-state index in [-0.39, 0.29) is 18.5 Å². The van der Waals surface area contributed by atoms with Gasteiger partial charge in [0.05, 0.1) is 6.04 Å². The van der Waals surface area contributed by atoms with Gasteiger partial charge in [-0.25, -0.2) is 4.39 Å². The Morgan fingerprint density at radius 1 is 1.41 bits per heavy atom. The third-order valence-corrected chi connectivity index (χ3v) is 3.34. The Balaban J connectivity index is 2.18. The number of halogens is 1. The Morgan fingerprint density at radius 3 is 2.71 bits per heavy atom. The average Bonchev–Trinajstić information content (AvgIpc) is 2.36. The number of phenolic OH excluding ortho intramolecular Hbond substituents is 1. The lowest BCUT2D eigenvalue weighted by molar-refractivity contribution is 0.147. The zero-order chi connectivity index (χ0) is 12.3. The first-order chi connectivity index (χ1) is 8.22. The van der Waals surface area contributed by atoms with Crippen molar-refractivity contribution < 1.29 is 9.50 Å². The second kappa shape index (κ2) is 5.47. The lowest BCUT2D eigenvalue weighted by Crippen LogP contribution is -2.45. The smallest absolute Gasteiger partial charge is 0.118 e. The highest BCUT2D eigenvalue weighted by molar-refractivity contribution is 5.36. The molecule has 0 radical (unpaired) electrons. The van der Waals surface area contributed by atoms with Gasteiger partial charge in [-0.2, -0.15) is 0 Å². The van der Waals surface area contributed by atoms with Gasteiger partial charge in [0.1, 0.15) is 12.4 Å². The fourth-order valence-electron chi connectivity index (χ4n) is 2.28. The van der Waals surface area contributed by atoms with E-state index in [0.717, 1.165) is 37.3 Å². The van der Waals surface area contributed by atoms with Crippen molar-refractivity contribution in [3.8, 4) is 5.75 Å². The number of hydrogen-bond donors (Lipinski definition) is 2. The summed E-state index contributed by atoms with van der Waals surface area (Å²) in [5.41, 5.74) is 1.75. The van der Waals surface area contributed by atoms with Crippen molar-refractivity contribution in [2.24, 2.45) is 0 Å². The number of benzene rings is 1. The third kappa shape index (κ3) is 2.76. The highest BCUT2D eigenvalue weighted by Crippen LogP contribution is 2.26. The minimum atomic E-state index is -0.385. The van der Waals surface area contributed by atoms with Gasteiger partial charge in [0.2, 0.25) is 0 Å². The first-order valence-corrected chi connectivity index (χ1v) is 6.02. The standard InChI is InChI=1S/C13H19FN2O/c1-10-8-11(2-3-13(10)17)12(9-14)16-6-4-15-5-7-16/h2-3,8,12,15,17H,4-7,9H2,1H3/t12-/m0/s1. The monoisotopic (exact) mass is 238 g/mol. The van der Waals surface area contributed by atoms with Gasteiger partial charge in [-0.3, -0.25) is 4.90 Å². The topological polar surface area (TPSA) is 35.5 Å². The van der Waals surface area contributed by atoms with Gasteiger partial charge in [0.15, 0.2) is 0 Å². The summed E-state index contributed by atoms with van der Waals surface area (Å²) in [5.74, 6) is 0.270. The second-order valence-corrected chi connectivity index (χ2v) is 4.50. The van der Waals surface area contributed by atoms with E-state index in [9.17, 15) is 9.50 Å². The zero-order valence-electron chi connectivity index (χ0n) is 10.1. The number of nitrogens with one attached hydrogen (secondary N) is 1. The molecule has 0 aliphatic carbocycles. The van der Waals surface area contributed by atoms with E-state index in [4.69, 9.17) is 0 Å². The fourth-order valence-corrected chi connectivity index (χ4v) is 2.28. The molecule has 1 aromatic rings. The largest absolute Gasteiger partial charge is 0.508 e. The molecule has 0 bridgehead atoms. The summed E-state index contributed by atoms with van der Waals surface area (Å²) in [4.78, 5) is 2.16.